The average molecular weight is 392 g/mol. The Labute approximate surface area is 177 Å². The Morgan fingerprint density at radius 2 is 1.17 bits per heavy atom. The molecule has 1 heterocycles. The van der Waals surface area contributed by atoms with Crippen LogP contribution in [-0.4, -0.2) is 5.54 Å². The molecule has 5 rings (SSSR count). The van der Waals surface area contributed by atoms with Gasteiger partial charge in [-0.25, -0.2) is 0 Å². The second kappa shape index (κ2) is 7.07. The van der Waals surface area contributed by atoms with Crippen LogP contribution in [0.15, 0.2) is 101 Å². The van der Waals surface area contributed by atoms with Crippen LogP contribution >= 0.6 is 0 Å². The molecule has 0 aliphatic rings. The molecule has 0 N–H and O–H groups in total. The molecule has 0 atom stereocenters. The van der Waals surface area contributed by atoms with Crippen molar-refractivity contribution < 1.29 is 4.42 Å². The number of anilines is 2. The van der Waals surface area contributed by atoms with Gasteiger partial charge in [-0.2, -0.15) is 0 Å². The van der Waals surface area contributed by atoms with E-state index in [1.54, 1.807) is 0 Å². The molecule has 2 nitrogen and oxygen atoms in total. The molecular weight excluding hydrogens is 366 g/mol. The van der Waals surface area contributed by atoms with Crippen LogP contribution in [0.3, 0.4) is 0 Å². The summed E-state index contributed by atoms with van der Waals surface area (Å²) in [6.07, 6.45) is 0. The van der Waals surface area contributed by atoms with Gasteiger partial charge in [-0.05, 0) is 68.3 Å². The van der Waals surface area contributed by atoms with Crippen molar-refractivity contribution in [1.82, 2.24) is 0 Å². The fraction of sp³-hybridized carbons (Fsp3) is 0.143. The van der Waals surface area contributed by atoms with Crippen LogP contribution in [0.4, 0.5) is 11.4 Å². The molecule has 5 aromatic rings. The zero-order valence-electron chi connectivity index (χ0n) is 17.6. The molecule has 0 spiro atoms. The highest BCUT2D eigenvalue weighted by Gasteiger charge is 2.24. The summed E-state index contributed by atoms with van der Waals surface area (Å²) in [7, 11) is 0. The normalized spacial score (nSPS) is 11.8. The van der Waals surface area contributed by atoms with Crippen LogP contribution in [0.25, 0.3) is 33.1 Å². The van der Waals surface area contributed by atoms with Gasteiger partial charge in [-0.15, -0.1) is 0 Å². The molecule has 1 aromatic heterocycles. The second-order valence-corrected chi connectivity index (χ2v) is 8.70. The lowest BCUT2D eigenvalue weighted by Gasteiger charge is -2.38. The number of fused-ring (bicyclic) bond motifs is 3. The first-order valence-corrected chi connectivity index (χ1v) is 10.4. The van der Waals surface area contributed by atoms with Crippen molar-refractivity contribution in [1.29, 1.82) is 0 Å². The Kier molecular flexibility index (Phi) is 4.36. The molecule has 0 unspecified atom stereocenters. The highest BCUT2D eigenvalue weighted by atomic mass is 16.3. The molecule has 4 aromatic carbocycles. The van der Waals surface area contributed by atoms with Gasteiger partial charge in [0.2, 0.25) is 0 Å². The first kappa shape index (κ1) is 18.5. The molecule has 30 heavy (non-hydrogen) atoms. The van der Waals surface area contributed by atoms with Gasteiger partial charge in [0.1, 0.15) is 11.2 Å². The topological polar surface area (TPSA) is 16.4 Å². The van der Waals surface area contributed by atoms with Gasteiger partial charge in [-0.3, -0.25) is 0 Å². The van der Waals surface area contributed by atoms with Gasteiger partial charge in [0, 0.05) is 27.7 Å². The number of benzene rings is 4. The lowest BCUT2D eigenvalue weighted by atomic mass is 10.0. The van der Waals surface area contributed by atoms with Crippen LogP contribution in [0.2, 0.25) is 0 Å². The minimum absolute atomic E-state index is 0.0819. The maximum Gasteiger partial charge on any atom is 0.135 e. The summed E-state index contributed by atoms with van der Waals surface area (Å²) in [6.45, 7) is 6.74. The van der Waals surface area contributed by atoms with E-state index in [1.807, 2.05) is 12.1 Å². The maximum atomic E-state index is 6.02. The van der Waals surface area contributed by atoms with E-state index in [-0.39, 0.29) is 5.54 Å². The van der Waals surface area contributed by atoms with Crippen molar-refractivity contribution in [3.63, 3.8) is 0 Å². The molecule has 0 radical (unpaired) electrons. The summed E-state index contributed by atoms with van der Waals surface area (Å²) in [5.41, 5.74) is 6.57. The van der Waals surface area contributed by atoms with Gasteiger partial charge in [-0.1, -0.05) is 60.7 Å². The fourth-order valence-corrected chi connectivity index (χ4v) is 4.21. The van der Waals surface area contributed by atoms with E-state index < -0.39 is 0 Å². The molecule has 0 amide bonds. The summed E-state index contributed by atoms with van der Waals surface area (Å²) >= 11 is 0. The zero-order valence-corrected chi connectivity index (χ0v) is 17.6. The van der Waals surface area contributed by atoms with Crippen LogP contribution in [0, 0.1) is 0 Å². The first-order chi connectivity index (χ1) is 14.5. The average Bonchev–Trinajstić information content (AvgIpc) is 3.12. The predicted molar refractivity (Wildman–Crippen MR) is 127 cm³/mol. The Balaban J connectivity index is 1.61. The van der Waals surface area contributed by atoms with E-state index >= 15 is 0 Å². The van der Waals surface area contributed by atoms with Gasteiger partial charge in [0.25, 0.3) is 0 Å². The van der Waals surface area contributed by atoms with E-state index in [4.69, 9.17) is 4.42 Å². The number of furan rings is 1. The Bertz CT molecular complexity index is 1310. The SMILES string of the molecule is CC(C)(C)N(c1ccc(-c2ccccc2)cc1)c1ccc2oc3ccccc3c2c1. The third-order valence-electron chi connectivity index (χ3n) is 5.52. The van der Waals surface area contributed by atoms with E-state index in [1.165, 1.54) is 16.8 Å². The van der Waals surface area contributed by atoms with Crippen LogP contribution in [0.5, 0.6) is 0 Å². The predicted octanol–water partition coefficient (Wildman–Crippen LogP) is 8.19. The highest BCUT2D eigenvalue weighted by molar-refractivity contribution is 6.06. The molecular formula is C28H25NO. The van der Waals surface area contributed by atoms with Crippen molar-refractivity contribution >= 4 is 33.3 Å². The van der Waals surface area contributed by atoms with E-state index in [0.29, 0.717) is 0 Å². The minimum atomic E-state index is -0.0819. The third kappa shape index (κ3) is 3.25. The van der Waals surface area contributed by atoms with E-state index in [9.17, 15) is 0 Å². The monoisotopic (exact) mass is 391 g/mol. The Hall–Kier alpha value is -3.52. The van der Waals surface area contributed by atoms with Gasteiger partial charge in [0.05, 0.1) is 0 Å². The van der Waals surface area contributed by atoms with Crippen LogP contribution < -0.4 is 4.90 Å². The van der Waals surface area contributed by atoms with Crippen molar-refractivity contribution in [2.75, 3.05) is 4.90 Å². The molecule has 0 bridgehead atoms. The van der Waals surface area contributed by atoms with Gasteiger partial charge in [0.15, 0.2) is 0 Å². The van der Waals surface area contributed by atoms with Crippen molar-refractivity contribution in [3.8, 4) is 11.1 Å². The summed E-state index contributed by atoms with van der Waals surface area (Å²) in [6, 6.07) is 34.1. The number of rotatable bonds is 3. The molecule has 0 aliphatic carbocycles. The van der Waals surface area contributed by atoms with E-state index in [0.717, 1.165) is 27.6 Å². The quantitative estimate of drug-likeness (QED) is 0.308. The lowest BCUT2D eigenvalue weighted by molar-refractivity contribution is 0.560. The zero-order chi connectivity index (χ0) is 20.7. The summed E-state index contributed by atoms with van der Waals surface area (Å²) < 4.78 is 6.02. The van der Waals surface area contributed by atoms with Crippen molar-refractivity contribution in [2.45, 2.75) is 26.3 Å². The molecule has 2 heteroatoms. The van der Waals surface area contributed by atoms with E-state index in [2.05, 4.69) is 111 Å². The maximum absolute atomic E-state index is 6.02. The van der Waals surface area contributed by atoms with Gasteiger partial charge < -0.3 is 9.32 Å². The van der Waals surface area contributed by atoms with Gasteiger partial charge >= 0.3 is 0 Å². The first-order valence-electron chi connectivity index (χ1n) is 10.4. The van der Waals surface area contributed by atoms with Crippen molar-refractivity contribution in [2.24, 2.45) is 0 Å². The lowest BCUT2D eigenvalue weighted by Crippen LogP contribution is -2.37. The molecule has 0 fully saturated rings. The number of para-hydroxylation sites is 1. The Morgan fingerprint density at radius 3 is 1.90 bits per heavy atom. The minimum Gasteiger partial charge on any atom is -0.456 e. The summed E-state index contributed by atoms with van der Waals surface area (Å²) in [5, 5.41) is 2.31. The number of hydrogen-bond acceptors (Lipinski definition) is 2. The standard InChI is InChI=1S/C28H25NO/c1-28(2,3)29(22-15-13-21(14-16-22)20-9-5-4-6-10-20)23-17-18-27-25(19-23)24-11-7-8-12-26(24)30-27/h4-19H,1-3H3. The number of nitrogens with zero attached hydrogens (tertiary/aromatic N) is 1. The largest absolute Gasteiger partial charge is 0.456 e. The summed E-state index contributed by atoms with van der Waals surface area (Å²) in [4.78, 5) is 2.39. The van der Waals surface area contributed by atoms with Crippen LogP contribution in [-0.2, 0) is 0 Å². The summed E-state index contributed by atoms with van der Waals surface area (Å²) in [5.74, 6) is 0. The fourth-order valence-electron chi connectivity index (χ4n) is 4.21. The second-order valence-electron chi connectivity index (χ2n) is 8.70. The smallest absolute Gasteiger partial charge is 0.135 e. The highest BCUT2D eigenvalue weighted by Crippen LogP contribution is 2.38. The third-order valence-corrected chi connectivity index (χ3v) is 5.52. The number of hydrogen-bond donors (Lipinski definition) is 0. The molecule has 0 saturated heterocycles. The molecule has 148 valence electrons. The molecule has 0 aliphatic heterocycles. The van der Waals surface area contributed by atoms with Crippen LogP contribution in [0.1, 0.15) is 20.8 Å². The van der Waals surface area contributed by atoms with Crippen molar-refractivity contribution in [3.05, 3.63) is 97.1 Å². The Morgan fingerprint density at radius 1 is 0.567 bits per heavy atom. The molecule has 0 saturated carbocycles.